The van der Waals surface area contributed by atoms with Gasteiger partial charge in [-0.2, -0.15) is 4.98 Å². The Bertz CT molecular complexity index is 1200. The summed E-state index contributed by atoms with van der Waals surface area (Å²) in [4.78, 5) is 19.1. The summed E-state index contributed by atoms with van der Waals surface area (Å²) in [6.07, 6.45) is 3.27. The number of aromatic nitrogens is 5. The molecule has 1 aromatic carbocycles. The van der Waals surface area contributed by atoms with Gasteiger partial charge in [0.05, 0.1) is 18.6 Å². The number of benzene rings is 1. The lowest BCUT2D eigenvalue weighted by atomic mass is 9.97. The van der Waals surface area contributed by atoms with Crippen molar-refractivity contribution in [3.8, 4) is 11.6 Å². The maximum atomic E-state index is 12.9. The molecule has 10 heteroatoms. The van der Waals surface area contributed by atoms with Gasteiger partial charge in [0.25, 0.3) is 0 Å². The lowest BCUT2D eigenvalue weighted by Gasteiger charge is -2.30. The van der Waals surface area contributed by atoms with Crippen molar-refractivity contribution < 1.29 is 13.7 Å². The minimum atomic E-state index is 0.0916. The van der Waals surface area contributed by atoms with E-state index in [1.54, 1.807) is 6.26 Å². The third-order valence-electron chi connectivity index (χ3n) is 5.71. The molecule has 0 saturated carbocycles. The highest BCUT2D eigenvalue weighted by Gasteiger charge is 2.27. The second-order valence-electron chi connectivity index (χ2n) is 7.98. The Kier molecular flexibility index (Phi) is 6.25. The Morgan fingerprint density at radius 3 is 2.64 bits per heavy atom. The molecule has 9 nitrogen and oxygen atoms in total. The molecule has 5 rings (SSSR count). The highest BCUT2D eigenvalue weighted by Crippen LogP contribution is 2.29. The predicted molar refractivity (Wildman–Crippen MR) is 122 cm³/mol. The Morgan fingerprint density at radius 1 is 1.12 bits per heavy atom. The van der Waals surface area contributed by atoms with Crippen molar-refractivity contribution >= 4 is 17.7 Å². The fraction of sp³-hybridized carbons (Fsp3) is 0.348. The highest BCUT2D eigenvalue weighted by molar-refractivity contribution is 7.99. The molecule has 3 aromatic heterocycles. The number of likely N-dealkylation sites (tertiary alicyclic amines) is 1. The van der Waals surface area contributed by atoms with Gasteiger partial charge in [-0.1, -0.05) is 47.3 Å². The number of thioether (sulfide) groups is 1. The zero-order valence-electron chi connectivity index (χ0n) is 18.3. The van der Waals surface area contributed by atoms with Crippen LogP contribution in [0.1, 0.15) is 36.0 Å². The van der Waals surface area contributed by atoms with Crippen molar-refractivity contribution in [2.75, 3.05) is 18.8 Å². The maximum absolute atomic E-state index is 12.9. The average molecular weight is 465 g/mol. The van der Waals surface area contributed by atoms with Crippen LogP contribution in [0.3, 0.4) is 0 Å². The van der Waals surface area contributed by atoms with E-state index >= 15 is 0 Å². The summed E-state index contributed by atoms with van der Waals surface area (Å²) < 4.78 is 12.9. The second kappa shape index (κ2) is 9.62. The van der Waals surface area contributed by atoms with Crippen LogP contribution in [-0.4, -0.2) is 54.6 Å². The van der Waals surface area contributed by atoms with Crippen LogP contribution >= 0.6 is 11.8 Å². The van der Waals surface area contributed by atoms with E-state index in [1.807, 2.05) is 46.7 Å². The molecule has 1 aliphatic heterocycles. The minimum Gasteiger partial charge on any atom is -0.461 e. The van der Waals surface area contributed by atoms with Gasteiger partial charge in [-0.15, -0.1) is 10.2 Å². The highest BCUT2D eigenvalue weighted by atomic mass is 32.2. The molecule has 0 N–H and O–H groups in total. The molecular weight excluding hydrogens is 440 g/mol. The van der Waals surface area contributed by atoms with Gasteiger partial charge < -0.3 is 13.8 Å². The molecular formula is C23H24N6O3S. The van der Waals surface area contributed by atoms with E-state index in [0.717, 1.165) is 18.4 Å². The summed E-state index contributed by atoms with van der Waals surface area (Å²) in [6, 6.07) is 13.8. The molecule has 170 valence electrons. The van der Waals surface area contributed by atoms with E-state index in [-0.39, 0.29) is 11.8 Å². The first-order valence-corrected chi connectivity index (χ1v) is 11.9. The van der Waals surface area contributed by atoms with Crippen LogP contribution in [0.4, 0.5) is 0 Å². The summed E-state index contributed by atoms with van der Waals surface area (Å²) in [7, 11) is 0. The summed E-state index contributed by atoms with van der Waals surface area (Å²) in [5.74, 6) is 3.23. The van der Waals surface area contributed by atoms with Crippen LogP contribution in [-0.2, 0) is 11.3 Å². The number of amides is 1. The molecule has 1 saturated heterocycles. The van der Waals surface area contributed by atoms with Crippen LogP contribution in [0, 0.1) is 6.92 Å². The molecule has 33 heavy (non-hydrogen) atoms. The van der Waals surface area contributed by atoms with Crippen molar-refractivity contribution in [1.29, 1.82) is 0 Å². The number of aryl methyl sites for hydroxylation is 1. The van der Waals surface area contributed by atoms with Crippen molar-refractivity contribution in [1.82, 2.24) is 29.8 Å². The van der Waals surface area contributed by atoms with E-state index < -0.39 is 0 Å². The van der Waals surface area contributed by atoms with Gasteiger partial charge in [0.1, 0.15) is 0 Å². The van der Waals surface area contributed by atoms with Crippen LogP contribution in [0.15, 0.2) is 62.8 Å². The molecule has 1 fully saturated rings. The van der Waals surface area contributed by atoms with E-state index in [9.17, 15) is 4.79 Å². The molecule has 0 bridgehead atoms. The first kappa shape index (κ1) is 21.4. The van der Waals surface area contributed by atoms with Crippen LogP contribution in [0.2, 0.25) is 0 Å². The lowest BCUT2D eigenvalue weighted by Crippen LogP contribution is -2.39. The molecule has 0 unspecified atom stereocenters. The van der Waals surface area contributed by atoms with Gasteiger partial charge in [0, 0.05) is 19.0 Å². The number of hydrogen-bond donors (Lipinski definition) is 0. The van der Waals surface area contributed by atoms with E-state index in [2.05, 4.69) is 32.5 Å². The van der Waals surface area contributed by atoms with E-state index in [1.165, 1.54) is 11.8 Å². The monoisotopic (exact) mass is 464 g/mol. The molecule has 0 atom stereocenters. The van der Waals surface area contributed by atoms with Crippen LogP contribution in [0.5, 0.6) is 0 Å². The maximum Gasteiger partial charge on any atom is 0.233 e. The topological polar surface area (TPSA) is 103 Å². The average Bonchev–Trinajstić information content (AvgIpc) is 3.60. The Hall–Kier alpha value is -3.40. The first-order chi connectivity index (χ1) is 16.2. The Balaban J connectivity index is 1.24. The zero-order valence-corrected chi connectivity index (χ0v) is 19.1. The lowest BCUT2D eigenvalue weighted by molar-refractivity contribution is -0.129. The van der Waals surface area contributed by atoms with Crippen molar-refractivity contribution in [2.24, 2.45) is 0 Å². The smallest absolute Gasteiger partial charge is 0.233 e. The minimum absolute atomic E-state index is 0.0916. The quantitative estimate of drug-likeness (QED) is 0.381. The second-order valence-corrected chi connectivity index (χ2v) is 8.92. The third kappa shape index (κ3) is 4.85. The third-order valence-corrected chi connectivity index (χ3v) is 6.66. The molecule has 1 amide bonds. The molecule has 4 heterocycles. The van der Waals surface area contributed by atoms with Gasteiger partial charge in [-0.3, -0.25) is 9.36 Å². The number of rotatable bonds is 7. The summed E-state index contributed by atoms with van der Waals surface area (Å²) >= 11 is 1.40. The normalized spacial score (nSPS) is 14.6. The largest absolute Gasteiger partial charge is 0.461 e. The van der Waals surface area contributed by atoms with Crippen LogP contribution < -0.4 is 0 Å². The van der Waals surface area contributed by atoms with Gasteiger partial charge in [-0.25, -0.2) is 0 Å². The van der Waals surface area contributed by atoms with Crippen LogP contribution in [0.25, 0.3) is 11.6 Å². The Morgan fingerprint density at radius 2 is 1.94 bits per heavy atom. The number of nitrogens with zero attached hydrogens (tertiary/aromatic N) is 6. The SMILES string of the molecule is Cc1noc(C2CCN(C(=O)CSc3nnc(-c4ccco4)n3Cc3ccccc3)CC2)n1. The summed E-state index contributed by atoms with van der Waals surface area (Å²) in [6.45, 7) is 3.77. The molecule has 4 aromatic rings. The number of furan rings is 1. The van der Waals surface area contributed by atoms with Gasteiger partial charge in [0.15, 0.2) is 16.7 Å². The molecule has 0 spiro atoms. The first-order valence-electron chi connectivity index (χ1n) is 10.9. The molecule has 0 radical (unpaired) electrons. The predicted octanol–water partition coefficient (Wildman–Crippen LogP) is 3.78. The zero-order chi connectivity index (χ0) is 22.6. The number of hydrogen-bond acceptors (Lipinski definition) is 8. The van der Waals surface area contributed by atoms with Gasteiger partial charge in [0.2, 0.25) is 17.6 Å². The fourth-order valence-electron chi connectivity index (χ4n) is 3.96. The molecule has 0 aliphatic carbocycles. The van der Waals surface area contributed by atoms with Gasteiger partial charge in [-0.05, 0) is 37.5 Å². The van der Waals surface area contributed by atoms with Crippen molar-refractivity contribution in [3.05, 3.63) is 66.0 Å². The summed E-state index contributed by atoms with van der Waals surface area (Å²) in [5.41, 5.74) is 1.12. The molecule has 1 aliphatic rings. The van der Waals surface area contributed by atoms with Crippen molar-refractivity contribution in [2.45, 2.75) is 37.4 Å². The number of carbonyl (C=O) groups is 1. The van der Waals surface area contributed by atoms with Gasteiger partial charge >= 0.3 is 0 Å². The summed E-state index contributed by atoms with van der Waals surface area (Å²) in [5, 5.41) is 13.3. The number of piperidine rings is 1. The van der Waals surface area contributed by atoms with E-state index in [4.69, 9.17) is 8.94 Å². The Labute approximate surface area is 195 Å². The number of carbonyl (C=O) groups excluding carboxylic acids is 1. The van der Waals surface area contributed by atoms with Crippen molar-refractivity contribution in [3.63, 3.8) is 0 Å². The van der Waals surface area contributed by atoms with E-state index in [0.29, 0.717) is 53.8 Å². The standard InChI is InChI=1S/C23H24N6O3S/c1-16-24-22(32-27-16)18-9-11-28(12-10-18)20(30)15-33-23-26-25-21(19-8-5-13-31-19)29(23)14-17-6-3-2-4-7-17/h2-8,13,18H,9-12,14-15H2,1H3. The fourth-order valence-corrected chi connectivity index (χ4v) is 4.80.